The Labute approximate surface area is 139 Å². The van der Waals surface area contributed by atoms with E-state index in [2.05, 4.69) is 15.1 Å². The van der Waals surface area contributed by atoms with Crippen LogP contribution in [0, 0.1) is 0 Å². The van der Waals surface area contributed by atoms with E-state index in [1.54, 1.807) is 12.4 Å². The van der Waals surface area contributed by atoms with Gasteiger partial charge < -0.3 is 9.42 Å². The van der Waals surface area contributed by atoms with Crippen molar-refractivity contribution >= 4 is 5.91 Å². The quantitative estimate of drug-likeness (QED) is 0.741. The molecule has 1 saturated heterocycles. The van der Waals surface area contributed by atoms with Crippen molar-refractivity contribution in [1.82, 2.24) is 20.0 Å². The third-order valence-electron chi connectivity index (χ3n) is 4.11. The standard InChI is InChI=1S/C18H16N4O2/c23-18(22-10-1-2-11-22)15-5-3-4-14(12-15)16-20-17(24-21-16)13-6-8-19-9-7-13/h3-9,12H,1-2,10-11H2. The summed E-state index contributed by atoms with van der Waals surface area (Å²) in [5, 5.41) is 4.03. The van der Waals surface area contributed by atoms with Crippen molar-refractivity contribution in [2.24, 2.45) is 0 Å². The van der Waals surface area contributed by atoms with E-state index in [1.807, 2.05) is 41.3 Å². The SMILES string of the molecule is O=C(c1cccc(-c2noc(-c3ccncc3)n2)c1)N1CCCC1. The van der Waals surface area contributed by atoms with Gasteiger partial charge in [0.2, 0.25) is 5.82 Å². The van der Waals surface area contributed by atoms with Gasteiger partial charge >= 0.3 is 0 Å². The third-order valence-corrected chi connectivity index (χ3v) is 4.11. The van der Waals surface area contributed by atoms with E-state index < -0.39 is 0 Å². The van der Waals surface area contributed by atoms with Gasteiger partial charge in [-0.15, -0.1) is 0 Å². The number of rotatable bonds is 3. The molecule has 6 heteroatoms. The molecule has 0 radical (unpaired) electrons. The Bertz CT molecular complexity index is 854. The van der Waals surface area contributed by atoms with Crippen LogP contribution in [0.1, 0.15) is 23.2 Å². The molecule has 2 aromatic heterocycles. The van der Waals surface area contributed by atoms with Crippen LogP contribution in [0.2, 0.25) is 0 Å². The number of nitrogens with zero attached hydrogens (tertiary/aromatic N) is 4. The second-order valence-electron chi connectivity index (χ2n) is 5.74. The molecule has 6 nitrogen and oxygen atoms in total. The molecule has 1 amide bonds. The average Bonchev–Trinajstić information content (AvgIpc) is 3.34. The Morgan fingerprint density at radius 2 is 1.83 bits per heavy atom. The topological polar surface area (TPSA) is 72.1 Å². The largest absolute Gasteiger partial charge is 0.339 e. The molecule has 3 aromatic rings. The zero-order valence-electron chi connectivity index (χ0n) is 13.1. The molecular formula is C18H16N4O2. The van der Waals surface area contributed by atoms with Crippen LogP contribution in [0.15, 0.2) is 53.3 Å². The minimum atomic E-state index is 0.0622. The van der Waals surface area contributed by atoms with E-state index >= 15 is 0 Å². The number of hydrogen-bond donors (Lipinski definition) is 0. The molecule has 0 unspecified atom stereocenters. The maximum atomic E-state index is 12.5. The van der Waals surface area contributed by atoms with Crippen molar-refractivity contribution in [3.8, 4) is 22.8 Å². The molecular weight excluding hydrogens is 304 g/mol. The van der Waals surface area contributed by atoms with Gasteiger partial charge in [0.15, 0.2) is 0 Å². The highest BCUT2D eigenvalue weighted by molar-refractivity contribution is 5.95. The van der Waals surface area contributed by atoms with Crippen LogP contribution in [-0.2, 0) is 0 Å². The molecule has 0 aliphatic carbocycles. The maximum absolute atomic E-state index is 12.5. The zero-order valence-corrected chi connectivity index (χ0v) is 13.1. The summed E-state index contributed by atoms with van der Waals surface area (Å²) in [7, 11) is 0. The first-order valence-corrected chi connectivity index (χ1v) is 7.95. The molecule has 0 atom stereocenters. The monoisotopic (exact) mass is 320 g/mol. The predicted octanol–water partition coefficient (Wildman–Crippen LogP) is 3.03. The van der Waals surface area contributed by atoms with Crippen LogP contribution in [0.4, 0.5) is 0 Å². The fourth-order valence-corrected chi connectivity index (χ4v) is 2.85. The van der Waals surface area contributed by atoms with Gasteiger partial charge in [-0.25, -0.2) is 0 Å². The number of likely N-dealkylation sites (tertiary alicyclic amines) is 1. The first-order valence-electron chi connectivity index (χ1n) is 7.95. The molecule has 0 bridgehead atoms. The summed E-state index contributed by atoms with van der Waals surface area (Å²) >= 11 is 0. The highest BCUT2D eigenvalue weighted by atomic mass is 16.5. The van der Waals surface area contributed by atoms with Crippen LogP contribution in [0.5, 0.6) is 0 Å². The number of aromatic nitrogens is 3. The minimum absolute atomic E-state index is 0.0622. The number of carbonyl (C=O) groups is 1. The fraction of sp³-hybridized carbons (Fsp3) is 0.222. The number of hydrogen-bond acceptors (Lipinski definition) is 5. The highest BCUT2D eigenvalue weighted by Crippen LogP contribution is 2.23. The number of benzene rings is 1. The Morgan fingerprint density at radius 1 is 1.04 bits per heavy atom. The first-order chi connectivity index (χ1) is 11.8. The lowest BCUT2D eigenvalue weighted by Crippen LogP contribution is -2.27. The van der Waals surface area contributed by atoms with Crippen molar-refractivity contribution in [3.63, 3.8) is 0 Å². The van der Waals surface area contributed by atoms with Crippen molar-refractivity contribution in [2.75, 3.05) is 13.1 Å². The Kier molecular flexibility index (Phi) is 3.78. The lowest BCUT2D eigenvalue weighted by atomic mass is 10.1. The Hall–Kier alpha value is -3.02. The van der Waals surface area contributed by atoms with E-state index in [4.69, 9.17) is 4.52 Å². The van der Waals surface area contributed by atoms with Gasteiger partial charge in [0.1, 0.15) is 0 Å². The second-order valence-corrected chi connectivity index (χ2v) is 5.74. The molecule has 24 heavy (non-hydrogen) atoms. The molecule has 1 aromatic carbocycles. The van der Waals surface area contributed by atoms with Crippen molar-refractivity contribution in [1.29, 1.82) is 0 Å². The van der Waals surface area contributed by atoms with E-state index in [9.17, 15) is 4.79 Å². The summed E-state index contributed by atoms with van der Waals surface area (Å²) in [5.41, 5.74) is 2.24. The van der Waals surface area contributed by atoms with Gasteiger partial charge in [-0.1, -0.05) is 17.3 Å². The van der Waals surface area contributed by atoms with Gasteiger partial charge in [-0.2, -0.15) is 4.98 Å². The smallest absolute Gasteiger partial charge is 0.258 e. The lowest BCUT2D eigenvalue weighted by Gasteiger charge is -2.15. The maximum Gasteiger partial charge on any atom is 0.258 e. The molecule has 1 fully saturated rings. The van der Waals surface area contributed by atoms with Crippen LogP contribution in [0.25, 0.3) is 22.8 Å². The Balaban J connectivity index is 1.62. The number of carbonyl (C=O) groups excluding carboxylic acids is 1. The van der Waals surface area contributed by atoms with E-state index in [1.165, 1.54) is 0 Å². The van der Waals surface area contributed by atoms with Gasteiger partial charge in [-0.3, -0.25) is 9.78 Å². The highest BCUT2D eigenvalue weighted by Gasteiger charge is 2.20. The van der Waals surface area contributed by atoms with Crippen molar-refractivity contribution in [2.45, 2.75) is 12.8 Å². The molecule has 0 saturated carbocycles. The summed E-state index contributed by atoms with van der Waals surface area (Å²) < 4.78 is 5.32. The molecule has 1 aliphatic rings. The molecule has 0 N–H and O–H groups in total. The summed E-state index contributed by atoms with van der Waals surface area (Å²) in [6, 6.07) is 11.0. The molecule has 120 valence electrons. The summed E-state index contributed by atoms with van der Waals surface area (Å²) in [4.78, 5) is 22.8. The third kappa shape index (κ3) is 2.78. The van der Waals surface area contributed by atoms with Crippen LogP contribution >= 0.6 is 0 Å². The summed E-state index contributed by atoms with van der Waals surface area (Å²) in [5.74, 6) is 0.966. The predicted molar refractivity (Wildman–Crippen MR) is 88.1 cm³/mol. The van der Waals surface area contributed by atoms with Gasteiger partial charge in [0.25, 0.3) is 11.8 Å². The first kappa shape index (κ1) is 14.6. The van der Waals surface area contributed by atoms with Crippen molar-refractivity contribution < 1.29 is 9.32 Å². The normalized spacial score (nSPS) is 14.1. The van der Waals surface area contributed by atoms with Crippen LogP contribution in [0.3, 0.4) is 0 Å². The second kappa shape index (κ2) is 6.23. The molecule has 0 spiro atoms. The number of amides is 1. The molecule has 1 aliphatic heterocycles. The van der Waals surface area contributed by atoms with E-state index in [0.717, 1.165) is 37.1 Å². The lowest BCUT2D eigenvalue weighted by molar-refractivity contribution is 0.0793. The average molecular weight is 320 g/mol. The van der Waals surface area contributed by atoms with E-state index in [-0.39, 0.29) is 5.91 Å². The van der Waals surface area contributed by atoms with Gasteiger partial charge in [-0.05, 0) is 37.1 Å². The number of pyridine rings is 1. The molecule has 4 rings (SSSR count). The fourth-order valence-electron chi connectivity index (χ4n) is 2.85. The summed E-state index contributed by atoms with van der Waals surface area (Å²) in [6.45, 7) is 1.66. The van der Waals surface area contributed by atoms with Gasteiger partial charge in [0, 0.05) is 42.2 Å². The van der Waals surface area contributed by atoms with E-state index in [0.29, 0.717) is 17.3 Å². The van der Waals surface area contributed by atoms with Crippen LogP contribution in [-0.4, -0.2) is 39.0 Å². The summed E-state index contributed by atoms with van der Waals surface area (Å²) in [6.07, 6.45) is 5.50. The zero-order chi connectivity index (χ0) is 16.4. The van der Waals surface area contributed by atoms with Crippen molar-refractivity contribution in [3.05, 3.63) is 54.4 Å². The minimum Gasteiger partial charge on any atom is -0.339 e. The Morgan fingerprint density at radius 3 is 2.62 bits per heavy atom. The van der Waals surface area contributed by atoms with Gasteiger partial charge in [0.05, 0.1) is 0 Å². The van der Waals surface area contributed by atoms with Crippen LogP contribution < -0.4 is 0 Å². The molecule has 3 heterocycles.